The van der Waals surface area contributed by atoms with E-state index in [-0.39, 0.29) is 18.4 Å². The van der Waals surface area contributed by atoms with Gasteiger partial charge in [0.25, 0.3) is 0 Å². The molecule has 0 saturated carbocycles. The Morgan fingerprint density at radius 1 is 1.17 bits per heavy atom. The lowest BCUT2D eigenvalue weighted by Crippen LogP contribution is -2.36. The van der Waals surface area contributed by atoms with Gasteiger partial charge in [0.2, 0.25) is 11.8 Å². The number of anilines is 2. The zero-order valence-corrected chi connectivity index (χ0v) is 13.0. The zero-order chi connectivity index (χ0) is 16.8. The van der Waals surface area contributed by atoms with Gasteiger partial charge in [-0.15, -0.1) is 0 Å². The number of nitrogens with zero attached hydrogens (tertiary/aromatic N) is 2. The molecule has 0 aliphatic heterocycles. The summed E-state index contributed by atoms with van der Waals surface area (Å²) >= 11 is 0. The quantitative estimate of drug-likeness (QED) is 0.944. The second kappa shape index (κ2) is 7.23. The first-order chi connectivity index (χ1) is 11.0. The van der Waals surface area contributed by atoms with Gasteiger partial charge in [-0.1, -0.05) is 23.8 Å². The molecule has 0 atom stereocenters. The summed E-state index contributed by atoms with van der Waals surface area (Å²) in [5.41, 5.74) is 2.74. The number of hydrogen-bond donors (Lipinski definition) is 1. The van der Waals surface area contributed by atoms with Gasteiger partial charge in [-0.05, 0) is 37.3 Å². The van der Waals surface area contributed by atoms with Crippen LogP contribution in [0.2, 0.25) is 0 Å². The summed E-state index contributed by atoms with van der Waals surface area (Å²) in [6.45, 7) is 3.24. The van der Waals surface area contributed by atoms with E-state index in [9.17, 15) is 9.59 Å². The van der Waals surface area contributed by atoms with Crippen LogP contribution >= 0.6 is 0 Å². The molecule has 0 radical (unpaired) electrons. The van der Waals surface area contributed by atoms with Crippen molar-refractivity contribution in [1.29, 1.82) is 5.26 Å². The largest absolute Gasteiger partial charge is 0.325 e. The summed E-state index contributed by atoms with van der Waals surface area (Å²) in [6, 6.07) is 16.0. The smallest absolute Gasteiger partial charge is 0.244 e. The van der Waals surface area contributed by atoms with Gasteiger partial charge in [-0.25, -0.2) is 0 Å². The molecule has 0 fully saturated rings. The maximum absolute atomic E-state index is 12.2. The highest BCUT2D eigenvalue weighted by Crippen LogP contribution is 2.16. The molecule has 1 N–H and O–H groups in total. The van der Waals surface area contributed by atoms with E-state index < -0.39 is 0 Å². The molecule has 0 heterocycles. The Morgan fingerprint density at radius 3 is 2.48 bits per heavy atom. The molecular weight excluding hydrogens is 290 g/mol. The first-order valence-electron chi connectivity index (χ1n) is 7.14. The first-order valence-corrected chi connectivity index (χ1v) is 7.14. The number of amides is 2. The highest BCUT2D eigenvalue weighted by atomic mass is 16.2. The van der Waals surface area contributed by atoms with Crippen molar-refractivity contribution in [2.45, 2.75) is 13.8 Å². The van der Waals surface area contributed by atoms with Gasteiger partial charge in [-0.3, -0.25) is 9.59 Å². The normalized spacial score (nSPS) is 9.78. The van der Waals surface area contributed by atoms with E-state index in [4.69, 9.17) is 5.26 Å². The fraction of sp³-hybridized carbons (Fsp3) is 0.167. The first kappa shape index (κ1) is 16.2. The van der Waals surface area contributed by atoms with Crippen LogP contribution in [0.15, 0.2) is 48.5 Å². The number of aryl methyl sites for hydroxylation is 1. The van der Waals surface area contributed by atoms with Crippen LogP contribution < -0.4 is 10.2 Å². The standard InChI is InChI=1S/C18H17N3O2/c1-13-6-8-16(9-7-13)20-18(23)12-21(14(2)22)17-5-3-4-15(10-17)11-19/h3-10H,12H2,1-2H3,(H,20,23). The molecule has 0 aliphatic rings. The predicted molar refractivity (Wildman–Crippen MR) is 89.0 cm³/mol. The van der Waals surface area contributed by atoms with E-state index in [0.717, 1.165) is 5.56 Å². The van der Waals surface area contributed by atoms with E-state index in [1.807, 2.05) is 37.3 Å². The van der Waals surface area contributed by atoms with Crippen LogP contribution in [0.4, 0.5) is 11.4 Å². The van der Waals surface area contributed by atoms with Crippen LogP contribution in [0.5, 0.6) is 0 Å². The van der Waals surface area contributed by atoms with Crippen LogP contribution in [-0.4, -0.2) is 18.4 Å². The Bertz CT molecular complexity index is 761. The highest BCUT2D eigenvalue weighted by Gasteiger charge is 2.16. The van der Waals surface area contributed by atoms with Gasteiger partial charge in [0.1, 0.15) is 6.54 Å². The molecule has 5 heteroatoms. The number of nitrogens with one attached hydrogen (secondary N) is 1. The number of nitriles is 1. The number of rotatable bonds is 4. The molecule has 2 rings (SSSR count). The SMILES string of the molecule is CC(=O)N(CC(=O)Nc1ccc(C)cc1)c1cccc(C#N)c1. The Hall–Kier alpha value is -3.13. The van der Waals surface area contributed by atoms with Gasteiger partial charge in [-0.2, -0.15) is 5.26 Å². The van der Waals surface area contributed by atoms with Crippen molar-refractivity contribution in [1.82, 2.24) is 0 Å². The third-order valence-electron chi connectivity index (χ3n) is 3.30. The molecule has 0 spiro atoms. The molecule has 0 bridgehead atoms. The minimum atomic E-state index is -0.300. The Morgan fingerprint density at radius 2 is 1.87 bits per heavy atom. The van der Waals surface area contributed by atoms with Crippen LogP contribution in [0.25, 0.3) is 0 Å². The molecule has 2 aromatic carbocycles. The lowest BCUT2D eigenvalue weighted by atomic mass is 10.2. The van der Waals surface area contributed by atoms with E-state index in [0.29, 0.717) is 16.9 Å². The van der Waals surface area contributed by atoms with E-state index in [2.05, 4.69) is 5.32 Å². The molecular formula is C18H17N3O2. The summed E-state index contributed by atoms with van der Waals surface area (Å²) in [6.07, 6.45) is 0. The molecule has 23 heavy (non-hydrogen) atoms. The van der Waals surface area contributed by atoms with Gasteiger partial charge in [0.15, 0.2) is 0 Å². The second-order valence-corrected chi connectivity index (χ2v) is 5.18. The lowest BCUT2D eigenvalue weighted by molar-refractivity contribution is -0.120. The summed E-state index contributed by atoms with van der Waals surface area (Å²) in [7, 11) is 0. The average Bonchev–Trinajstić information content (AvgIpc) is 2.54. The summed E-state index contributed by atoms with van der Waals surface area (Å²) in [4.78, 5) is 25.3. The van der Waals surface area contributed by atoms with Crippen molar-refractivity contribution in [2.24, 2.45) is 0 Å². The lowest BCUT2D eigenvalue weighted by Gasteiger charge is -2.21. The molecule has 0 aromatic heterocycles. The predicted octanol–water partition coefficient (Wildman–Crippen LogP) is 2.86. The topological polar surface area (TPSA) is 73.2 Å². The van der Waals surface area contributed by atoms with Gasteiger partial charge < -0.3 is 10.2 Å². The molecule has 0 unspecified atom stereocenters. The van der Waals surface area contributed by atoms with Gasteiger partial charge in [0, 0.05) is 18.3 Å². The molecule has 5 nitrogen and oxygen atoms in total. The molecule has 0 saturated heterocycles. The van der Waals surface area contributed by atoms with E-state index in [1.54, 1.807) is 24.3 Å². The third kappa shape index (κ3) is 4.42. The average molecular weight is 307 g/mol. The number of carbonyl (C=O) groups excluding carboxylic acids is 2. The summed E-state index contributed by atoms with van der Waals surface area (Å²) in [5.74, 6) is -0.564. The fourth-order valence-corrected chi connectivity index (χ4v) is 2.11. The Balaban J connectivity index is 2.12. The third-order valence-corrected chi connectivity index (χ3v) is 3.30. The van der Waals surface area contributed by atoms with Crippen LogP contribution in [0.3, 0.4) is 0 Å². The van der Waals surface area contributed by atoms with Crippen molar-refractivity contribution in [2.75, 3.05) is 16.8 Å². The van der Waals surface area contributed by atoms with E-state index in [1.165, 1.54) is 11.8 Å². The molecule has 2 aromatic rings. The molecule has 2 amide bonds. The second-order valence-electron chi connectivity index (χ2n) is 5.18. The Kier molecular flexibility index (Phi) is 5.11. The van der Waals surface area contributed by atoms with Crippen LogP contribution in [0.1, 0.15) is 18.1 Å². The minimum Gasteiger partial charge on any atom is -0.325 e. The molecule has 116 valence electrons. The number of carbonyl (C=O) groups is 2. The van der Waals surface area contributed by atoms with Crippen molar-refractivity contribution < 1.29 is 9.59 Å². The van der Waals surface area contributed by atoms with Crippen LogP contribution in [-0.2, 0) is 9.59 Å². The minimum absolute atomic E-state index is 0.113. The van der Waals surface area contributed by atoms with Gasteiger partial charge >= 0.3 is 0 Å². The number of hydrogen-bond acceptors (Lipinski definition) is 3. The van der Waals surface area contributed by atoms with Gasteiger partial charge in [0.05, 0.1) is 11.6 Å². The monoisotopic (exact) mass is 307 g/mol. The molecule has 0 aliphatic carbocycles. The number of benzene rings is 2. The summed E-state index contributed by atoms with van der Waals surface area (Å²) < 4.78 is 0. The van der Waals surface area contributed by atoms with Crippen molar-refractivity contribution >= 4 is 23.2 Å². The maximum atomic E-state index is 12.2. The van der Waals surface area contributed by atoms with E-state index >= 15 is 0 Å². The highest BCUT2D eigenvalue weighted by molar-refractivity contribution is 6.01. The van der Waals surface area contributed by atoms with Crippen molar-refractivity contribution in [3.8, 4) is 6.07 Å². The summed E-state index contributed by atoms with van der Waals surface area (Å²) in [5, 5.41) is 11.7. The fourth-order valence-electron chi connectivity index (χ4n) is 2.11. The van der Waals surface area contributed by atoms with Crippen LogP contribution in [0, 0.1) is 18.3 Å². The zero-order valence-electron chi connectivity index (χ0n) is 13.0. The van der Waals surface area contributed by atoms with Crippen molar-refractivity contribution in [3.05, 3.63) is 59.7 Å². The van der Waals surface area contributed by atoms with Crippen molar-refractivity contribution in [3.63, 3.8) is 0 Å². The maximum Gasteiger partial charge on any atom is 0.244 e. The Labute approximate surface area is 135 Å².